The molecule has 1 rings (SSSR count). The normalized spacial score (nSPS) is 29.8. The van der Waals surface area contributed by atoms with Gasteiger partial charge >= 0.3 is 0 Å². The van der Waals surface area contributed by atoms with Crippen molar-refractivity contribution in [2.45, 2.75) is 18.9 Å². The van der Waals surface area contributed by atoms with E-state index in [9.17, 15) is 8.42 Å². The number of methoxy groups -OCH3 is 1. The number of hydrogen-bond donors (Lipinski definition) is 0. The summed E-state index contributed by atoms with van der Waals surface area (Å²) in [6, 6.07) is 0. The number of rotatable bonds is 4. The van der Waals surface area contributed by atoms with Gasteiger partial charge in [-0.05, 0) is 18.8 Å². The van der Waals surface area contributed by atoms with Gasteiger partial charge in [-0.1, -0.05) is 0 Å². The lowest BCUT2D eigenvalue weighted by Crippen LogP contribution is -2.35. The monoisotopic (exact) mass is 194 g/mol. The predicted molar refractivity (Wildman–Crippen MR) is 44.3 cm³/mol. The van der Waals surface area contributed by atoms with Crippen LogP contribution in [0.25, 0.3) is 0 Å². The molecule has 0 aromatic carbocycles. The number of ether oxygens (including phenoxy) is 1. The van der Waals surface area contributed by atoms with Gasteiger partial charge in [-0.2, -0.15) is 8.42 Å². The summed E-state index contributed by atoms with van der Waals surface area (Å²) < 4.78 is 31.2. The SMILES string of the molecule is COS(=O)(=O)C[C@H]1C[C@@H](OC)C1. The molecule has 0 heterocycles. The van der Waals surface area contributed by atoms with E-state index in [4.69, 9.17) is 4.74 Å². The Labute approximate surface area is 73.0 Å². The lowest BCUT2D eigenvalue weighted by Gasteiger charge is -2.33. The summed E-state index contributed by atoms with van der Waals surface area (Å²) in [7, 11) is -0.426. The first kappa shape index (κ1) is 9.95. The van der Waals surface area contributed by atoms with Crippen molar-refractivity contribution in [3.63, 3.8) is 0 Å². The molecule has 1 saturated carbocycles. The lowest BCUT2D eigenvalue weighted by molar-refractivity contribution is 0.00807. The Hall–Kier alpha value is -0.130. The van der Waals surface area contributed by atoms with E-state index in [0.717, 1.165) is 12.8 Å². The third-order valence-corrected chi connectivity index (χ3v) is 3.61. The molecule has 4 nitrogen and oxygen atoms in total. The van der Waals surface area contributed by atoms with Crippen molar-refractivity contribution in [3.05, 3.63) is 0 Å². The molecule has 0 spiro atoms. The first-order valence-corrected chi connectivity index (χ1v) is 5.46. The van der Waals surface area contributed by atoms with Crippen LogP contribution < -0.4 is 0 Å². The summed E-state index contributed by atoms with van der Waals surface area (Å²) in [5.74, 6) is 0.350. The van der Waals surface area contributed by atoms with E-state index in [1.807, 2.05) is 0 Å². The molecule has 72 valence electrons. The van der Waals surface area contributed by atoms with Gasteiger partial charge in [-0.25, -0.2) is 0 Å². The van der Waals surface area contributed by atoms with Crippen molar-refractivity contribution < 1.29 is 17.3 Å². The second-order valence-electron chi connectivity index (χ2n) is 3.09. The minimum atomic E-state index is -3.27. The first-order chi connectivity index (χ1) is 5.57. The number of hydrogen-bond acceptors (Lipinski definition) is 4. The molecule has 1 fully saturated rings. The molecule has 0 N–H and O–H groups in total. The molecule has 5 heteroatoms. The van der Waals surface area contributed by atoms with E-state index in [1.54, 1.807) is 7.11 Å². The first-order valence-electron chi connectivity index (χ1n) is 3.88. The minimum absolute atomic E-state index is 0.128. The molecule has 0 amide bonds. The second-order valence-corrected chi connectivity index (χ2v) is 4.87. The van der Waals surface area contributed by atoms with Gasteiger partial charge in [-0.3, -0.25) is 4.18 Å². The fourth-order valence-corrected chi connectivity index (χ4v) is 2.35. The molecule has 0 bridgehead atoms. The summed E-state index contributed by atoms with van der Waals surface area (Å²) in [5, 5.41) is 0. The molecular formula is C7H14O4S. The van der Waals surface area contributed by atoms with E-state index < -0.39 is 10.1 Å². The van der Waals surface area contributed by atoms with Gasteiger partial charge in [-0.15, -0.1) is 0 Å². The van der Waals surface area contributed by atoms with Gasteiger partial charge in [0.05, 0.1) is 19.0 Å². The quantitative estimate of drug-likeness (QED) is 0.607. The molecule has 0 aliphatic heterocycles. The van der Waals surface area contributed by atoms with Gasteiger partial charge in [0.2, 0.25) is 0 Å². The molecular weight excluding hydrogens is 180 g/mol. The second kappa shape index (κ2) is 3.72. The maximum atomic E-state index is 10.9. The Morgan fingerprint density at radius 2 is 1.92 bits per heavy atom. The Morgan fingerprint density at radius 3 is 2.33 bits per heavy atom. The summed E-state index contributed by atoms with van der Waals surface area (Å²) in [5.41, 5.74) is 0. The molecule has 0 atom stereocenters. The maximum Gasteiger partial charge on any atom is 0.267 e. The van der Waals surface area contributed by atoms with Crippen LogP contribution in [0.5, 0.6) is 0 Å². The standard InChI is InChI=1S/C7H14O4S/c1-10-7-3-6(4-7)5-12(8,9)11-2/h6-7H,3-5H2,1-2H3/t6-,7+. The van der Waals surface area contributed by atoms with Crippen LogP contribution in [-0.2, 0) is 19.0 Å². The highest BCUT2D eigenvalue weighted by Crippen LogP contribution is 2.30. The zero-order chi connectivity index (χ0) is 9.19. The van der Waals surface area contributed by atoms with Crippen molar-refractivity contribution in [1.82, 2.24) is 0 Å². The molecule has 0 aromatic rings. The Kier molecular flexibility index (Phi) is 3.09. The van der Waals surface area contributed by atoms with Crippen LogP contribution in [-0.4, -0.2) is 34.5 Å². The third-order valence-electron chi connectivity index (χ3n) is 2.22. The van der Waals surface area contributed by atoms with E-state index in [0.29, 0.717) is 0 Å². The largest absolute Gasteiger partial charge is 0.381 e. The summed E-state index contributed by atoms with van der Waals surface area (Å²) in [6.07, 6.45) is 1.92. The maximum absolute atomic E-state index is 10.9. The van der Waals surface area contributed by atoms with E-state index in [2.05, 4.69) is 4.18 Å². The smallest absolute Gasteiger partial charge is 0.267 e. The molecule has 0 radical (unpaired) electrons. The fourth-order valence-electron chi connectivity index (χ4n) is 1.36. The average molecular weight is 194 g/mol. The highest BCUT2D eigenvalue weighted by molar-refractivity contribution is 7.86. The van der Waals surface area contributed by atoms with E-state index in [-0.39, 0.29) is 17.8 Å². The predicted octanol–water partition coefficient (Wildman–Crippen LogP) is 0.388. The lowest BCUT2D eigenvalue weighted by atomic mass is 9.84. The van der Waals surface area contributed by atoms with Crippen molar-refractivity contribution in [2.24, 2.45) is 5.92 Å². The summed E-state index contributed by atoms with van der Waals surface area (Å²) in [6.45, 7) is 0. The van der Waals surface area contributed by atoms with Gasteiger partial charge in [0.1, 0.15) is 0 Å². The zero-order valence-corrected chi connectivity index (χ0v) is 8.13. The van der Waals surface area contributed by atoms with Crippen LogP contribution in [0.3, 0.4) is 0 Å². The van der Waals surface area contributed by atoms with Crippen LogP contribution in [0.4, 0.5) is 0 Å². The van der Waals surface area contributed by atoms with Gasteiger partial charge in [0, 0.05) is 7.11 Å². The van der Waals surface area contributed by atoms with Crippen LogP contribution in [0, 0.1) is 5.92 Å². The van der Waals surface area contributed by atoms with Gasteiger partial charge in [0.25, 0.3) is 10.1 Å². The molecule has 0 saturated heterocycles. The average Bonchev–Trinajstić information content (AvgIpc) is 1.96. The van der Waals surface area contributed by atoms with Crippen molar-refractivity contribution in [1.29, 1.82) is 0 Å². The Bertz CT molecular complexity index is 228. The molecule has 0 unspecified atom stereocenters. The highest BCUT2D eigenvalue weighted by Gasteiger charge is 2.32. The summed E-state index contributed by atoms with van der Waals surface area (Å²) >= 11 is 0. The van der Waals surface area contributed by atoms with Crippen LogP contribution in [0.1, 0.15) is 12.8 Å². The van der Waals surface area contributed by atoms with Crippen molar-refractivity contribution in [3.8, 4) is 0 Å². The Morgan fingerprint density at radius 1 is 1.33 bits per heavy atom. The summed E-state index contributed by atoms with van der Waals surface area (Å²) in [4.78, 5) is 0. The van der Waals surface area contributed by atoms with Crippen LogP contribution in [0.15, 0.2) is 0 Å². The topological polar surface area (TPSA) is 52.6 Å². The molecule has 12 heavy (non-hydrogen) atoms. The molecule has 1 aliphatic carbocycles. The van der Waals surface area contributed by atoms with E-state index in [1.165, 1.54) is 7.11 Å². The third kappa shape index (κ3) is 2.43. The van der Waals surface area contributed by atoms with Crippen LogP contribution in [0.2, 0.25) is 0 Å². The van der Waals surface area contributed by atoms with Crippen molar-refractivity contribution in [2.75, 3.05) is 20.0 Å². The molecule has 0 aromatic heterocycles. The highest BCUT2D eigenvalue weighted by atomic mass is 32.2. The fraction of sp³-hybridized carbons (Fsp3) is 1.00. The Balaban J connectivity index is 2.28. The zero-order valence-electron chi connectivity index (χ0n) is 7.32. The van der Waals surface area contributed by atoms with Gasteiger partial charge in [0.15, 0.2) is 0 Å². The van der Waals surface area contributed by atoms with E-state index >= 15 is 0 Å². The van der Waals surface area contributed by atoms with Crippen molar-refractivity contribution >= 4 is 10.1 Å². The molecule has 1 aliphatic rings. The minimum Gasteiger partial charge on any atom is -0.381 e. The van der Waals surface area contributed by atoms with Crippen LogP contribution >= 0.6 is 0 Å². The van der Waals surface area contributed by atoms with Gasteiger partial charge < -0.3 is 4.74 Å².